The number of pyridine rings is 1. The first-order chi connectivity index (χ1) is 44.4. The molecule has 3 heterocycles. The summed E-state index contributed by atoms with van der Waals surface area (Å²) in [7, 11) is -3.03. The van der Waals surface area contributed by atoms with Crippen molar-refractivity contribution in [3.8, 4) is 62.1 Å². The summed E-state index contributed by atoms with van der Waals surface area (Å²) < 4.78 is 103. The van der Waals surface area contributed by atoms with Crippen LogP contribution in [0.15, 0.2) is 297 Å². The summed E-state index contributed by atoms with van der Waals surface area (Å²) in [5.41, 5.74) is 6.48. The summed E-state index contributed by atoms with van der Waals surface area (Å²) in [6, 6.07) is 72.2. The molecule has 11 aromatic carbocycles. The highest BCUT2D eigenvalue weighted by Crippen LogP contribution is 2.38. The molecule has 0 saturated heterocycles. The highest BCUT2D eigenvalue weighted by molar-refractivity contribution is 7.19. The topological polar surface area (TPSA) is 35.9 Å². The Morgan fingerprint density at radius 3 is 1.70 bits per heavy atom. The molecule has 0 N–H and O–H groups in total. The van der Waals surface area contributed by atoms with Gasteiger partial charge in [0.1, 0.15) is 17.3 Å². The number of hydrogen-bond acceptors (Lipinski definition) is 2. The van der Waals surface area contributed by atoms with Crippen molar-refractivity contribution < 1.29 is 23.0 Å². The number of fused-ring (bicyclic) bond motifs is 4. The molecule has 0 bridgehead atoms. The summed E-state index contributed by atoms with van der Waals surface area (Å²) in [5.74, 6) is 1.85. The highest BCUT2D eigenvalue weighted by Gasteiger charge is 2.41. The second kappa shape index (κ2) is 20.8. The molecule has 14 aromatic rings. The maximum atomic E-state index is 9.40. The van der Waals surface area contributed by atoms with E-state index in [1.54, 1.807) is 22.8 Å². The number of ether oxygens (including phenoxy) is 1. The average molecular weight is 1080 g/mol. The van der Waals surface area contributed by atoms with Gasteiger partial charge in [-0.25, -0.2) is 4.98 Å². The van der Waals surface area contributed by atoms with Crippen LogP contribution in [0.3, 0.4) is 0 Å². The van der Waals surface area contributed by atoms with Crippen LogP contribution in [-0.2, 0) is 5.41 Å². The smallest absolute Gasteiger partial charge is 0.269 e. The van der Waals surface area contributed by atoms with Crippen LogP contribution in [0.5, 0.6) is 11.5 Å². The van der Waals surface area contributed by atoms with E-state index >= 15 is 0 Å². The highest BCUT2D eigenvalue weighted by atomic mass is 28.3. The number of para-hydroxylation sites is 2. The molecule has 0 aliphatic heterocycles. The first-order valence-corrected chi connectivity index (χ1v) is 29.3. The van der Waals surface area contributed by atoms with E-state index in [1.807, 2.05) is 95.7 Å². The van der Waals surface area contributed by atoms with Crippen LogP contribution in [0, 0.1) is 6.33 Å². The van der Waals surface area contributed by atoms with Crippen LogP contribution in [0.25, 0.3) is 83.4 Å². The Bertz CT molecular complexity index is 5020. The van der Waals surface area contributed by atoms with E-state index in [9.17, 15) is 5.48 Å². The van der Waals surface area contributed by atoms with Gasteiger partial charge >= 0.3 is 0 Å². The molecule has 0 fully saturated rings. The van der Waals surface area contributed by atoms with Crippen LogP contribution in [0.4, 0.5) is 0 Å². The lowest BCUT2D eigenvalue weighted by Crippen LogP contribution is -2.74. The summed E-state index contributed by atoms with van der Waals surface area (Å²) in [6.07, 6.45) is 5.47. The fourth-order valence-electron chi connectivity index (χ4n) is 11.7. The minimum absolute atomic E-state index is 0.116. The third kappa shape index (κ3) is 8.90. The van der Waals surface area contributed by atoms with E-state index in [2.05, 4.69) is 159 Å². The molecule has 0 unspecified atom stereocenters. The van der Waals surface area contributed by atoms with E-state index in [4.69, 9.17) is 17.9 Å². The van der Waals surface area contributed by atoms with E-state index in [1.165, 1.54) is 15.6 Å². The SMILES string of the molecule is [2H]c1c([2H])c([2H])c(-c2cccc(-c3c([2H])c([2H])c([2H])c([2H])c3[2H])c2-[n+]2[c-]n(-c3cccc(Oc4ccc5c6ccccc6n(-c6cc(C(C)(C)C)ccn6)c5c4)c3)c3ccc(-c4cccc([Si](c5ccccc5)(c5ccccc5)c5ccccc5)c4)cc32)c([2H])c1[2H]. The first kappa shape index (κ1) is 40.1. The van der Waals surface area contributed by atoms with Gasteiger partial charge in [-0.3, -0.25) is 13.7 Å². The molecule has 3 aromatic heterocycles. The largest absolute Gasteiger partial charge is 0.458 e. The zero-order chi connectivity index (χ0) is 63.9. The van der Waals surface area contributed by atoms with Gasteiger partial charge in [0.15, 0.2) is 8.07 Å². The van der Waals surface area contributed by atoms with Crippen molar-refractivity contribution in [2.75, 3.05) is 0 Å². The third-order valence-corrected chi connectivity index (χ3v) is 20.3. The Morgan fingerprint density at radius 2 is 1.04 bits per heavy atom. The van der Waals surface area contributed by atoms with Crippen LogP contribution in [0.1, 0.15) is 40.0 Å². The van der Waals surface area contributed by atoms with Crippen molar-refractivity contribution in [2.45, 2.75) is 26.2 Å². The Morgan fingerprint density at radius 1 is 0.463 bits per heavy atom. The van der Waals surface area contributed by atoms with Gasteiger partial charge in [0.2, 0.25) is 0 Å². The third-order valence-electron chi connectivity index (χ3n) is 15.5. The van der Waals surface area contributed by atoms with Gasteiger partial charge in [0.05, 0.1) is 47.1 Å². The summed E-state index contributed by atoms with van der Waals surface area (Å²) in [6.45, 7) is 6.56. The lowest BCUT2D eigenvalue weighted by molar-refractivity contribution is -0.571. The predicted molar refractivity (Wildman–Crippen MR) is 341 cm³/mol. The lowest BCUT2D eigenvalue weighted by Gasteiger charge is -2.34. The van der Waals surface area contributed by atoms with Gasteiger partial charge in [-0.15, -0.1) is 0 Å². The molecular weight excluding hydrogens is 1010 g/mol. The van der Waals surface area contributed by atoms with Gasteiger partial charge < -0.3 is 4.74 Å². The monoisotopic (exact) mass is 1080 g/mol. The number of rotatable bonds is 12. The van der Waals surface area contributed by atoms with Crippen LogP contribution >= 0.6 is 0 Å². The Kier molecular flexibility index (Phi) is 10.2. The first-order valence-electron chi connectivity index (χ1n) is 32.3. The molecule has 392 valence electrons. The molecule has 5 nitrogen and oxygen atoms in total. The number of nitrogens with zero attached hydrogens (tertiary/aromatic N) is 4. The minimum Gasteiger partial charge on any atom is -0.458 e. The molecule has 0 atom stereocenters. The second-order valence-corrected chi connectivity index (χ2v) is 25.2. The molecule has 14 rings (SSSR count). The molecule has 6 heteroatoms. The summed E-state index contributed by atoms with van der Waals surface area (Å²) in [5, 5.41) is 6.84. The van der Waals surface area contributed by atoms with Gasteiger partial charge in [0, 0.05) is 23.0 Å². The number of benzene rings is 11. The van der Waals surface area contributed by atoms with Crippen molar-refractivity contribution in [2.24, 2.45) is 0 Å². The molecule has 0 amide bonds. The summed E-state index contributed by atoms with van der Waals surface area (Å²) >= 11 is 0. The second-order valence-electron chi connectivity index (χ2n) is 21.4. The number of hydrogen-bond donors (Lipinski definition) is 0. The van der Waals surface area contributed by atoms with Crippen molar-refractivity contribution in [3.63, 3.8) is 0 Å². The Hall–Kier alpha value is -10.1. The predicted octanol–water partition coefficient (Wildman–Crippen LogP) is 15.7. The summed E-state index contributed by atoms with van der Waals surface area (Å²) in [4.78, 5) is 4.89. The zero-order valence-corrected chi connectivity index (χ0v) is 46.2. The fraction of sp³-hybridized carbons (Fsp3) is 0.0526. The van der Waals surface area contributed by atoms with Crippen molar-refractivity contribution in [1.29, 1.82) is 0 Å². The molecule has 0 aliphatic rings. The van der Waals surface area contributed by atoms with Crippen LogP contribution in [0.2, 0.25) is 0 Å². The van der Waals surface area contributed by atoms with E-state index < -0.39 is 68.5 Å². The lowest BCUT2D eigenvalue weighted by atomic mass is 9.88. The van der Waals surface area contributed by atoms with E-state index in [0.717, 1.165) is 49.5 Å². The van der Waals surface area contributed by atoms with Crippen molar-refractivity contribution in [1.82, 2.24) is 14.1 Å². The zero-order valence-electron chi connectivity index (χ0n) is 55.2. The minimum atomic E-state index is -3.03. The van der Waals surface area contributed by atoms with Crippen LogP contribution in [-0.4, -0.2) is 22.2 Å². The number of aromatic nitrogens is 4. The maximum absolute atomic E-state index is 9.40. The van der Waals surface area contributed by atoms with Crippen LogP contribution < -0.4 is 30.1 Å². The molecule has 0 aliphatic carbocycles. The van der Waals surface area contributed by atoms with Gasteiger partial charge in [0.25, 0.3) is 6.33 Å². The molecule has 82 heavy (non-hydrogen) atoms. The number of imidazole rings is 1. The molecule has 0 spiro atoms. The van der Waals surface area contributed by atoms with Crippen molar-refractivity contribution >= 4 is 61.7 Å². The molecular formula is C76H58N4OSi. The fourth-order valence-corrected chi connectivity index (χ4v) is 16.5. The Labute approximate surface area is 494 Å². The molecule has 0 radical (unpaired) electrons. The normalized spacial score (nSPS) is 13.5. The van der Waals surface area contributed by atoms with Gasteiger partial charge in [-0.1, -0.05) is 251 Å². The van der Waals surface area contributed by atoms with Gasteiger partial charge in [-0.2, -0.15) is 0 Å². The van der Waals surface area contributed by atoms with Crippen molar-refractivity contribution in [3.05, 3.63) is 309 Å². The van der Waals surface area contributed by atoms with E-state index in [-0.39, 0.29) is 33.4 Å². The quantitative estimate of drug-likeness (QED) is 0.0529. The standard InChI is InChI=1S/C76H58N4OSi/c1-76(2,3)58-46-47-77-74(50-58)80-70-41-20-19-38-68(70)69-44-43-61(52-72(69)80)81-60-30-22-29-59(51-60)78-53-79(75-66(54-24-9-4-10-25-54)39-23-40-67(75)55-26-11-5-12-27-55)73-49-57(42-45-71(73)78)56-28-21-37-65(48-56)82(62-31-13-6-14-32-62,63-33-15-7-16-34-63)64-35-17-8-18-36-64/h4-52H,1-3H3/i4D,5D,9D,10D,11D,12D,24D,25D,26D,27D. The Balaban J connectivity index is 1.00. The maximum Gasteiger partial charge on any atom is 0.269 e. The van der Waals surface area contributed by atoms with Gasteiger partial charge in [-0.05, 0) is 120 Å². The molecule has 0 saturated carbocycles. The average Bonchev–Trinajstić information content (AvgIpc) is 1.16. The van der Waals surface area contributed by atoms with E-state index in [0.29, 0.717) is 28.2 Å².